The van der Waals surface area contributed by atoms with Crippen molar-refractivity contribution in [2.24, 2.45) is 11.8 Å². The van der Waals surface area contributed by atoms with E-state index in [1.165, 1.54) is 17.7 Å². The summed E-state index contributed by atoms with van der Waals surface area (Å²) in [7, 11) is 0. The van der Waals surface area contributed by atoms with Crippen LogP contribution in [-0.4, -0.2) is 39.7 Å². The van der Waals surface area contributed by atoms with Gasteiger partial charge < -0.3 is 9.64 Å². The summed E-state index contributed by atoms with van der Waals surface area (Å²) in [6.07, 6.45) is 4.77. The van der Waals surface area contributed by atoms with Crippen LogP contribution in [0.3, 0.4) is 0 Å². The average Bonchev–Trinajstić information content (AvgIpc) is 3.10. The number of fused-ring (bicyclic) bond motifs is 1. The molecule has 0 bridgehead atoms. The molecule has 1 aromatic heterocycles. The predicted octanol–water partition coefficient (Wildman–Crippen LogP) is 4.02. The number of amides is 1. The third-order valence-corrected chi connectivity index (χ3v) is 6.87. The van der Waals surface area contributed by atoms with Gasteiger partial charge in [0.1, 0.15) is 5.82 Å². The second kappa shape index (κ2) is 9.84. The Morgan fingerprint density at radius 1 is 1.16 bits per heavy atom. The molecule has 1 aromatic carbocycles. The van der Waals surface area contributed by atoms with E-state index in [0.717, 1.165) is 49.1 Å². The van der Waals surface area contributed by atoms with Gasteiger partial charge in [0.15, 0.2) is 0 Å². The monoisotopic (exact) mass is 441 g/mol. The summed E-state index contributed by atoms with van der Waals surface area (Å²) in [6.45, 7) is 6.11. The molecule has 1 fully saturated rings. The Morgan fingerprint density at radius 3 is 2.56 bits per heavy atom. The van der Waals surface area contributed by atoms with Crippen molar-refractivity contribution in [2.75, 3.05) is 13.2 Å². The number of benzene rings is 1. The SMILES string of the molecule is CCOC(=O)C1CCC(CC(=O)N2CCc3c(C)nn(Cc4ccc(F)cc4)c3C2)CC1. The fraction of sp³-hybridized carbons (Fsp3) is 0.560. The van der Waals surface area contributed by atoms with E-state index in [2.05, 4.69) is 0 Å². The number of aryl methyl sites for hydroxylation is 1. The summed E-state index contributed by atoms with van der Waals surface area (Å²) < 4.78 is 20.3. The molecule has 0 N–H and O–H groups in total. The second-order valence-electron chi connectivity index (χ2n) is 9.03. The van der Waals surface area contributed by atoms with Gasteiger partial charge in [-0.3, -0.25) is 14.3 Å². The first kappa shape index (κ1) is 22.5. The van der Waals surface area contributed by atoms with Crippen molar-refractivity contribution < 1.29 is 18.7 Å². The van der Waals surface area contributed by atoms with Gasteiger partial charge in [0, 0.05) is 13.0 Å². The van der Waals surface area contributed by atoms with Crippen molar-refractivity contribution in [3.63, 3.8) is 0 Å². The highest BCUT2D eigenvalue weighted by Crippen LogP contribution is 2.33. The van der Waals surface area contributed by atoms with Crippen LogP contribution >= 0.6 is 0 Å². The minimum Gasteiger partial charge on any atom is -0.466 e. The molecule has 2 heterocycles. The van der Waals surface area contributed by atoms with Crippen LogP contribution in [0.1, 0.15) is 61.5 Å². The number of hydrogen-bond donors (Lipinski definition) is 0. The molecule has 0 spiro atoms. The van der Waals surface area contributed by atoms with E-state index >= 15 is 0 Å². The largest absolute Gasteiger partial charge is 0.466 e. The van der Waals surface area contributed by atoms with Crippen LogP contribution in [0, 0.1) is 24.6 Å². The lowest BCUT2D eigenvalue weighted by Gasteiger charge is -2.31. The number of hydrogen-bond acceptors (Lipinski definition) is 4. The zero-order valence-electron chi connectivity index (χ0n) is 19.0. The lowest BCUT2D eigenvalue weighted by Crippen LogP contribution is -2.38. The number of carbonyl (C=O) groups is 2. The Balaban J connectivity index is 1.36. The lowest BCUT2D eigenvalue weighted by molar-refractivity contribution is -0.149. The number of rotatable bonds is 6. The molecular formula is C25H32FN3O3. The molecule has 4 rings (SSSR count). The van der Waals surface area contributed by atoms with Crippen LogP contribution < -0.4 is 0 Å². The molecule has 2 aliphatic rings. The van der Waals surface area contributed by atoms with Gasteiger partial charge in [-0.15, -0.1) is 0 Å². The van der Waals surface area contributed by atoms with Gasteiger partial charge in [-0.2, -0.15) is 5.10 Å². The summed E-state index contributed by atoms with van der Waals surface area (Å²) in [6, 6.07) is 6.48. The van der Waals surface area contributed by atoms with Gasteiger partial charge in [0.2, 0.25) is 5.91 Å². The maximum atomic E-state index is 13.2. The van der Waals surface area contributed by atoms with Gasteiger partial charge >= 0.3 is 5.97 Å². The van der Waals surface area contributed by atoms with Crippen molar-refractivity contribution >= 4 is 11.9 Å². The number of ether oxygens (including phenoxy) is 1. The molecule has 0 radical (unpaired) electrons. The molecule has 7 heteroatoms. The quantitative estimate of drug-likeness (QED) is 0.635. The van der Waals surface area contributed by atoms with Gasteiger partial charge in [-0.1, -0.05) is 12.1 Å². The first-order chi connectivity index (χ1) is 15.4. The number of halogens is 1. The second-order valence-corrected chi connectivity index (χ2v) is 9.03. The molecule has 0 atom stereocenters. The molecule has 172 valence electrons. The van der Waals surface area contributed by atoms with Crippen LogP contribution in [0.5, 0.6) is 0 Å². The van der Waals surface area contributed by atoms with E-state index in [-0.39, 0.29) is 23.6 Å². The highest BCUT2D eigenvalue weighted by Gasteiger charge is 2.31. The van der Waals surface area contributed by atoms with E-state index in [1.54, 1.807) is 12.1 Å². The van der Waals surface area contributed by atoms with Gasteiger partial charge in [0.25, 0.3) is 0 Å². The molecule has 1 amide bonds. The Hall–Kier alpha value is -2.70. The number of aromatic nitrogens is 2. The number of nitrogens with zero attached hydrogens (tertiary/aromatic N) is 3. The van der Waals surface area contributed by atoms with Gasteiger partial charge in [-0.05, 0) is 75.1 Å². The van der Waals surface area contributed by atoms with Crippen LogP contribution in [0.15, 0.2) is 24.3 Å². The van der Waals surface area contributed by atoms with Crippen LogP contribution in [0.2, 0.25) is 0 Å². The maximum absolute atomic E-state index is 13.2. The fourth-order valence-electron chi connectivity index (χ4n) is 5.02. The summed E-state index contributed by atoms with van der Waals surface area (Å²) >= 11 is 0. The predicted molar refractivity (Wildman–Crippen MR) is 118 cm³/mol. The third kappa shape index (κ3) is 5.03. The Kier molecular flexibility index (Phi) is 6.92. The Labute approximate surface area is 188 Å². The Bertz CT molecular complexity index is 962. The van der Waals surface area contributed by atoms with Crippen LogP contribution in [0.4, 0.5) is 4.39 Å². The molecule has 1 aliphatic carbocycles. The summed E-state index contributed by atoms with van der Waals surface area (Å²) in [5, 5.41) is 4.70. The van der Waals surface area contributed by atoms with Crippen molar-refractivity contribution in [2.45, 2.75) is 65.5 Å². The molecule has 0 unspecified atom stereocenters. The molecule has 1 saturated carbocycles. The van der Waals surface area contributed by atoms with E-state index in [1.807, 2.05) is 23.4 Å². The molecule has 0 saturated heterocycles. The molecule has 6 nitrogen and oxygen atoms in total. The first-order valence-corrected chi connectivity index (χ1v) is 11.7. The van der Waals surface area contributed by atoms with Gasteiger partial charge in [0.05, 0.1) is 37.0 Å². The summed E-state index contributed by atoms with van der Waals surface area (Å²) in [5.41, 5.74) is 4.30. The highest BCUT2D eigenvalue weighted by molar-refractivity contribution is 5.77. The number of esters is 1. The van der Waals surface area contributed by atoms with Crippen LogP contribution in [0.25, 0.3) is 0 Å². The molecule has 1 aliphatic heterocycles. The van der Waals surface area contributed by atoms with Crippen molar-refractivity contribution in [1.29, 1.82) is 0 Å². The van der Waals surface area contributed by atoms with Gasteiger partial charge in [-0.25, -0.2) is 4.39 Å². The Morgan fingerprint density at radius 2 is 1.88 bits per heavy atom. The zero-order chi connectivity index (χ0) is 22.7. The smallest absolute Gasteiger partial charge is 0.308 e. The molecule has 32 heavy (non-hydrogen) atoms. The third-order valence-electron chi connectivity index (χ3n) is 6.87. The summed E-state index contributed by atoms with van der Waals surface area (Å²) in [5.74, 6) is 0.164. The maximum Gasteiger partial charge on any atom is 0.308 e. The van der Waals surface area contributed by atoms with E-state index in [9.17, 15) is 14.0 Å². The van der Waals surface area contributed by atoms with Crippen LogP contribution in [-0.2, 0) is 33.8 Å². The summed E-state index contributed by atoms with van der Waals surface area (Å²) in [4.78, 5) is 27.0. The molecular weight excluding hydrogens is 409 g/mol. The van der Waals surface area contributed by atoms with E-state index in [0.29, 0.717) is 38.6 Å². The van der Waals surface area contributed by atoms with E-state index in [4.69, 9.17) is 9.84 Å². The standard InChI is InChI=1S/C25H32FN3O3/c1-3-32-25(31)20-8-4-18(5-9-20)14-24(30)28-13-12-22-17(2)27-29(23(22)16-28)15-19-6-10-21(26)11-7-19/h6-7,10-11,18,20H,3-5,8-9,12-16H2,1-2H3. The molecule has 2 aromatic rings. The topological polar surface area (TPSA) is 64.4 Å². The normalized spacial score (nSPS) is 20.7. The zero-order valence-corrected chi connectivity index (χ0v) is 19.0. The first-order valence-electron chi connectivity index (χ1n) is 11.7. The minimum absolute atomic E-state index is 0.0114. The average molecular weight is 442 g/mol. The minimum atomic E-state index is -0.250. The van der Waals surface area contributed by atoms with Crippen molar-refractivity contribution in [1.82, 2.24) is 14.7 Å². The van der Waals surface area contributed by atoms with Crippen molar-refractivity contribution in [3.8, 4) is 0 Å². The highest BCUT2D eigenvalue weighted by atomic mass is 19.1. The lowest BCUT2D eigenvalue weighted by atomic mass is 9.80. The van der Waals surface area contributed by atoms with Crippen molar-refractivity contribution in [3.05, 3.63) is 52.6 Å². The number of carbonyl (C=O) groups excluding carboxylic acids is 2. The van der Waals surface area contributed by atoms with E-state index < -0.39 is 0 Å². The fourth-order valence-corrected chi connectivity index (χ4v) is 5.02.